The van der Waals surface area contributed by atoms with Gasteiger partial charge in [-0.25, -0.2) is 0 Å². The number of carbonyl (C=O) groups is 2. The smallest absolute Gasteiger partial charge is 0.323 e. The van der Waals surface area contributed by atoms with Gasteiger partial charge in [0.15, 0.2) is 0 Å². The first-order valence-electron chi connectivity index (χ1n) is 7.94. The van der Waals surface area contributed by atoms with E-state index in [-0.39, 0.29) is 17.9 Å². The molecule has 3 fully saturated rings. The van der Waals surface area contributed by atoms with Gasteiger partial charge in [-0.2, -0.15) is 0 Å². The molecule has 1 amide bonds. The molecule has 0 aromatic heterocycles. The molecule has 3 aliphatic rings. The average molecular weight is 280 g/mol. The Balaban J connectivity index is 1.74. The van der Waals surface area contributed by atoms with Gasteiger partial charge in [-0.1, -0.05) is 6.92 Å². The van der Waals surface area contributed by atoms with E-state index < -0.39 is 0 Å². The maximum Gasteiger partial charge on any atom is 0.323 e. The minimum absolute atomic E-state index is 0.0664. The second-order valence-corrected chi connectivity index (χ2v) is 6.07. The van der Waals surface area contributed by atoms with Crippen molar-refractivity contribution in [3.05, 3.63) is 0 Å². The highest BCUT2D eigenvalue weighted by atomic mass is 16.5. The summed E-state index contributed by atoms with van der Waals surface area (Å²) in [7, 11) is 0. The van der Waals surface area contributed by atoms with Crippen LogP contribution < -0.4 is 0 Å². The van der Waals surface area contributed by atoms with E-state index in [9.17, 15) is 9.59 Å². The number of rotatable bonds is 3. The van der Waals surface area contributed by atoms with Crippen LogP contribution in [0.5, 0.6) is 0 Å². The monoisotopic (exact) mass is 280 g/mol. The van der Waals surface area contributed by atoms with Gasteiger partial charge in [0, 0.05) is 31.5 Å². The van der Waals surface area contributed by atoms with Crippen LogP contribution in [0.2, 0.25) is 0 Å². The fraction of sp³-hybridized carbons (Fsp3) is 0.867. The molecule has 0 saturated carbocycles. The third kappa shape index (κ3) is 2.32. The normalized spacial score (nSPS) is 34.8. The highest BCUT2D eigenvalue weighted by Gasteiger charge is 2.44. The van der Waals surface area contributed by atoms with Crippen LogP contribution in [0, 0.1) is 0 Å². The molecule has 3 unspecified atom stereocenters. The zero-order valence-corrected chi connectivity index (χ0v) is 12.2. The number of carbonyl (C=O) groups excluding carboxylic acids is 2. The summed E-state index contributed by atoms with van der Waals surface area (Å²) in [6.07, 6.45) is 5.78. The van der Waals surface area contributed by atoms with Crippen molar-refractivity contribution in [3.63, 3.8) is 0 Å². The lowest BCUT2D eigenvalue weighted by atomic mass is 10.0. The van der Waals surface area contributed by atoms with E-state index in [1.54, 1.807) is 0 Å². The first kappa shape index (κ1) is 13.9. The summed E-state index contributed by atoms with van der Waals surface area (Å²) >= 11 is 0. The maximum atomic E-state index is 12.1. The first-order valence-corrected chi connectivity index (χ1v) is 7.94. The predicted molar refractivity (Wildman–Crippen MR) is 74.1 cm³/mol. The number of cyclic esters (lactones) is 1. The van der Waals surface area contributed by atoms with Crippen LogP contribution >= 0.6 is 0 Å². The van der Waals surface area contributed by atoms with Gasteiger partial charge in [-0.3, -0.25) is 14.5 Å². The maximum absolute atomic E-state index is 12.1. The van der Waals surface area contributed by atoms with Gasteiger partial charge < -0.3 is 9.64 Å². The molecule has 0 spiro atoms. The van der Waals surface area contributed by atoms with Gasteiger partial charge >= 0.3 is 5.97 Å². The van der Waals surface area contributed by atoms with E-state index in [1.807, 2.05) is 6.92 Å². The van der Waals surface area contributed by atoms with Crippen molar-refractivity contribution in [1.82, 2.24) is 9.80 Å². The third-order valence-electron chi connectivity index (χ3n) is 5.02. The number of hydrogen-bond donors (Lipinski definition) is 0. The van der Waals surface area contributed by atoms with E-state index in [0.717, 1.165) is 45.2 Å². The molecular formula is C15H24N2O3. The Hall–Kier alpha value is -1.10. The SMILES string of the molecule is CCC(=O)N1CCCC1C1CCCN1C1CCOC1=O. The lowest BCUT2D eigenvalue weighted by Crippen LogP contribution is -2.52. The van der Waals surface area contributed by atoms with Gasteiger partial charge in [0.25, 0.3) is 0 Å². The Morgan fingerprint density at radius 3 is 2.65 bits per heavy atom. The highest BCUT2D eigenvalue weighted by molar-refractivity contribution is 5.78. The molecule has 20 heavy (non-hydrogen) atoms. The molecule has 5 nitrogen and oxygen atoms in total. The predicted octanol–water partition coefficient (Wildman–Crippen LogP) is 1.17. The Kier molecular flexibility index (Phi) is 3.96. The van der Waals surface area contributed by atoms with Crippen LogP contribution in [0.15, 0.2) is 0 Å². The van der Waals surface area contributed by atoms with Gasteiger partial charge in [-0.05, 0) is 32.2 Å². The molecule has 3 rings (SSSR count). The van der Waals surface area contributed by atoms with Gasteiger partial charge in [0.2, 0.25) is 5.91 Å². The second kappa shape index (κ2) is 5.72. The van der Waals surface area contributed by atoms with E-state index in [2.05, 4.69) is 9.80 Å². The van der Waals surface area contributed by atoms with Crippen molar-refractivity contribution in [2.24, 2.45) is 0 Å². The zero-order valence-electron chi connectivity index (χ0n) is 12.2. The molecule has 3 aliphatic heterocycles. The van der Waals surface area contributed by atoms with Crippen molar-refractivity contribution < 1.29 is 14.3 Å². The van der Waals surface area contributed by atoms with Crippen molar-refractivity contribution in [2.75, 3.05) is 19.7 Å². The largest absolute Gasteiger partial charge is 0.464 e. The Morgan fingerprint density at radius 2 is 1.95 bits per heavy atom. The van der Waals surface area contributed by atoms with E-state index in [0.29, 0.717) is 25.1 Å². The third-order valence-corrected chi connectivity index (χ3v) is 5.02. The minimum Gasteiger partial charge on any atom is -0.464 e. The van der Waals surface area contributed by atoms with Crippen LogP contribution in [-0.2, 0) is 14.3 Å². The van der Waals surface area contributed by atoms with Crippen molar-refractivity contribution in [3.8, 4) is 0 Å². The lowest BCUT2D eigenvalue weighted by Gasteiger charge is -2.36. The number of ether oxygens (including phenoxy) is 1. The van der Waals surface area contributed by atoms with Crippen LogP contribution in [0.1, 0.15) is 45.4 Å². The fourth-order valence-corrected chi connectivity index (χ4v) is 4.11. The molecule has 0 aromatic rings. The molecule has 0 radical (unpaired) electrons. The second-order valence-electron chi connectivity index (χ2n) is 6.07. The van der Waals surface area contributed by atoms with E-state index in [1.165, 1.54) is 0 Å². The summed E-state index contributed by atoms with van der Waals surface area (Å²) in [4.78, 5) is 28.3. The quantitative estimate of drug-likeness (QED) is 0.728. The molecule has 0 aliphatic carbocycles. The molecule has 0 N–H and O–H groups in total. The molecular weight excluding hydrogens is 256 g/mol. The molecule has 3 saturated heterocycles. The van der Waals surface area contributed by atoms with Crippen molar-refractivity contribution >= 4 is 11.9 Å². The van der Waals surface area contributed by atoms with Crippen LogP contribution in [0.25, 0.3) is 0 Å². The van der Waals surface area contributed by atoms with Gasteiger partial charge in [-0.15, -0.1) is 0 Å². The standard InChI is InChI=1S/C15H24N2O3/c1-2-14(18)17-9-4-6-12(17)11-5-3-8-16(11)13-7-10-20-15(13)19/h11-13H,2-10H2,1H3. The van der Waals surface area contributed by atoms with Crippen LogP contribution in [0.4, 0.5) is 0 Å². The Labute approximate surface area is 120 Å². The number of hydrogen-bond acceptors (Lipinski definition) is 4. The minimum atomic E-state index is -0.0679. The molecule has 112 valence electrons. The molecule has 0 bridgehead atoms. The zero-order chi connectivity index (χ0) is 14.1. The molecule has 3 heterocycles. The molecule has 5 heteroatoms. The summed E-state index contributed by atoms with van der Waals surface area (Å²) in [5, 5.41) is 0. The van der Waals surface area contributed by atoms with Crippen LogP contribution in [0.3, 0.4) is 0 Å². The summed E-state index contributed by atoms with van der Waals surface area (Å²) in [6, 6.07) is 0.587. The van der Waals surface area contributed by atoms with Crippen molar-refractivity contribution in [2.45, 2.75) is 63.6 Å². The van der Waals surface area contributed by atoms with E-state index in [4.69, 9.17) is 4.74 Å². The highest BCUT2D eigenvalue weighted by Crippen LogP contribution is 2.33. The number of nitrogens with zero attached hydrogens (tertiary/aromatic N) is 2. The molecule has 3 atom stereocenters. The molecule has 0 aromatic carbocycles. The van der Waals surface area contributed by atoms with Crippen molar-refractivity contribution in [1.29, 1.82) is 0 Å². The van der Waals surface area contributed by atoms with Gasteiger partial charge in [0.1, 0.15) is 6.04 Å². The topological polar surface area (TPSA) is 49.9 Å². The number of esters is 1. The summed E-state index contributed by atoms with van der Waals surface area (Å²) in [5.41, 5.74) is 0. The average Bonchev–Trinajstić information content (AvgIpc) is 3.15. The van der Waals surface area contributed by atoms with Gasteiger partial charge in [0.05, 0.1) is 6.61 Å². The van der Waals surface area contributed by atoms with Crippen LogP contribution in [-0.4, -0.2) is 59.5 Å². The summed E-state index contributed by atoms with van der Waals surface area (Å²) in [5.74, 6) is 0.191. The Morgan fingerprint density at radius 1 is 1.20 bits per heavy atom. The first-order chi connectivity index (χ1) is 9.72. The summed E-state index contributed by atoms with van der Waals surface area (Å²) in [6.45, 7) is 4.33. The fourth-order valence-electron chi connectivity index (χ4n) is 4.11. The van der Waals surface area contributed by atoms with E-state index >= 15 is 0 Å². The number of amides is 1. The summed E-state index contributed by atoms with van der Waals surface area (Å²) < 4.78 is 5.12. The number of likely N-dealkylation sites (tertiary alicyclic amines) is 2. The lowest BCUT2D eigenvalue weighted by molar-refractivity contribution is -0.143. The Bertz CT molecular complexity index is 399.